The van der Waals surface area contributed by atoms with Crippen LogP contribution in [0.25, 0.3) is 0 Å². The van der Waals surface area contributed by atoms with Crippen LogP contribution in [-0.2, 0) is 4.74 Å². The normalized spacial score (nSPS) is 33.5. The lowest BCUT2D eigenvalue weighted by Crippen LogP contribution is -2.57. The van der Waals surface area contributed by atoms with E-state index in [-0.39, 0.29) is 5.60 Å². The van der Waals surface area contributed by atoms with Gasteiger partial charge in [-0.05, 0) is 17.5 Å². The van der Waals surface area contributed by atoms with E-state index < -0.39 is 0 Å². The highest BCUT2D eigenvalue weighted by Crippen LogP contribution is 2.65. The first-order chi connectivity index (χ1) is 10.4. The van der Waals surface area contributed by atoms with Crippen molar-refractivity contribution in [2.75, 3.05) is 7.11 Å². The van der Waals surface area contributed by atoms with E-state index in [0.717, 1.165) is 6.42 Å². The Morgan fingerprint density at radius 1 is 0.905 bits per heavy atom. The SMILES string of the molecule is COC12CC=CC1C(c1ccccc1)C2c1ccccc1. The number of hydrogen-bond donors (Lipinski definition) is 0. The molecule has 1 nitrogen and oxygen atoms in total. The lowest BCUT2D eigenvalue weighted by molar-refractivity contribution is -0.132. The van der Waals surface area contributed by atoms with Crippen LogP contribution in [0.5, 0.6) is 0 Å². The molecular weight excluding hydrogens is 256 g/mol. The summed E-state index contributed by atoms with van der Waals surface area (Å²) in [5.74, 6) is 1.45. The van der Waals surface area contributed by atoms with Crippen molar-refractivity contribution in [2.24, 2.45) is 5.92 Å². The first-order valence-corrected chi connectivity index (χ1v) is 7.68. The molecule has 1 saturated carbocycles. The molecule has 1 fully saturated rings. The quantitative estimate of drug-likeness (QED) is 0.748. The predicted molar refractivity (Wildman–Crippen MR) is 85.4 cm³/mol. The van der Waals surface area contributed by atoms with Crippen molar-refractivity contribution >= 4 is 0 Å². The number of fused-ring (bicyclic) bond motifs is 1. The Morgan fingerprint density at radius 2 is 1.52 bits per heavy atom. The van der Waals surface area contributed by atoms with Gasteiger partial charge in [-0.1, -0.05) is 72.8 Å². The molecule has 2 aromatic rings. The van der Waals surface area contributed by atoms with Crippen LogP contribution in [0.15, 0.2) is 72.8 Å². The van der Waals surface area contributed by atoms with Crippen molar-refractivity contribution in [1.29, 1.82) is 0 Å². The standard InChI is InChI=1S/C20H20O/c1-21-20-14-8-13-17(20)18(15-9-4-2-5-10-15)19(20)16-11-6-3-7-12-16/h2-13,17-19H,14H2,1H3. The maximum atomic E-state index is 6.05. The van der Waals surface area contributed by atoms with Crippen molar-refractivity contribution < 1.29 is 4.74 Å². The molecule has 21 heavy (non-hydrogen) atoms. The zero-order chi connectivity index (χ0) is 14.3. The number of methoxy groups -OCH3 is 1. The molecule has 0 saturated heterocycles. The van der Waals surface area contributed by atoms with Gasteiger partial charge in [0, 0.05) is 24.9 Å². The van der Waals surface area contributed by atoms with Crippen LogP contribution in [0.2, 0.25) is 0 Å². The highest BCUT2D eigenvalue weighted by atomic mass is 16.5. The largest absolute Gasteiger partial charge is 0.377 e. The van der Waals surface area contributed by atoms with Gasteiger partial charge in [-0.25, -0.2) is 0 Å². The van der Waals surface area contributed by atoms with Crippen molar-refractivity contribution in [3.63, 3.8) is 0 Å². The molecule has 0 spiro atoms. The molecule has 0 aliphatic heterocycles. The third-order valence-electron chi connectivity index (χ3n) is 5.34. The Morgan fingerprint density at radius 3 is 2.14 bits per heavy atom. The van der Waals surface area contributed by atoms with Crippen LogP contribution in [0, 0.1) is 5.92 Å². The summed E-state index contributed by atoms with van der Waals surface area (Å²) in [4.78, 5) is 0. The van der Waals surface area contributed by atoms with Gasteiger partial charge in [0.15, 0.2) is 0 Å². The predicted octanol–water partition coefficient (Wildman–Crippen LogP) is 4.53. The third-order valence-corrected chi connectivity index (χ3v) is 5.34. The molecule has 2 aliphatic carbocycles. The molecule has 0 bridgehead atoms. The van der Waals surface area contributed by atoms with E-state index in [1.54, 1.807) is 0 Å². The molecule has 1 heteroatoms. The van der Waals surface area contributed by atoms with Gasteiger partial charge in [-0.3, -0.25) is 0 Å². The Labute approximate surface area is 126 Å². The van der Waals surface area contributed by atoms with Crippen molar-refractivity contribution in [3.8, 4) is 0 Å². The first kappa shape index (κ1) is 12.8. The van der Waals surface area contributed by atoms with E-state index >= 15 is 0 Å². The Bertz CT molecular complexity index is 646. The van der Waals surface area contributed by atoms with Crippen molar-refractivity contribution in [2.45, 2.75) is 23.9 Å². The van der Waals surface area contributed by atoms with Gasteiger partial charge in [-0.2, -0.15) is 0 Å². The van der Waals surface area contributed by atoms with Gasteiger partial charge in [0.05, 0.1) is 5.60 Å². The number of ether oxygens (including phenoxy) is 1. The Hall–Kier alpha value is -1.86. The maximum Gasteiger partial charge on any atom is 0.0855 e. The van der Waals surface area contributed by atoms with Gasteiger partial charge < -0.3 is 4.74 Å². The van der Waals surface area contributed by atoms with Gasteiger partial charge in [0.25, 0.3) is 0 Å². The number of hydrogen-bond acceptors (Lipinski definition) is 1. The number of rotatable bonds is 3. The van der Waals surface area contributed by atoms with Crippen LogP contribution in [-0.4, -0.2) is 12.7 Å². The molecular formula is C20H20O. The molecule has 106 valence electrons. The van der Waals surface area contributed by atoms with Crippen LogP contribution >= 0.6 is 0 Å². The molecule has 4 atom stereocenters. The summed E-state index contributed by atoms with van der Waals surface area (Å²) in [6.07, 6.45) is 5.69. The minimum Gasteiger partial charge on any atom is -0.377 e. The molecule has 0 radical (unpaired) electrons. The second-order valence-electron chi connectivity index (χ2n) is 6.14. The van der Waals surface area contributed by atoms with Gasteiger partial charge in [0.2, 0.25) is 0 Å². The van der Waals surface area contributed by atoms with Crippen LogP contribution in [0.4, 0.5) is 0 Å². The maximum absolute atomic E-state index is 6.05. The zero-order valence-corrected chi connectivity index (χ0v) is 12.3. The molecule has 0 N–H and O–H groups in total. The summed E-state index contributed by atoms with van der Waals surface area (Å²) < 4.78 is 6.05. The lowest BCUT2D eigenvalue weighted by atomic mass is 9.50. The van der Waals surface area contributed by atoms with Gasteiger partial charge >= 0.3 is 0 Å². The fourth-order valence-corrected chi connectivity index (χ4v) is 4.42. The highest BCUT2D eigenvalue weighted by molar-refractivity contribution is 5.44. The summed E-state index contributed by atoms with van der Waals surface area (Å²) in [7, 11) is 1.87. The summed E-state index contributed by atoms with van der Waals surface area (Å²) in [5.41, 5.74) is 2.78. The molecule has 0 aromatic heterocycles. The van der Waals surface area contributed by atoms with E-state index in [1.807, 2.05) is 7.11 Å². The van der Waals surface area contributed by atoms with E-state index in [4.69, 9.17) is 4.74 Å². The number of benzene rings is 2. The monoisotopic (exact) mass is 276 g/mol. The van der Waals surface area contributed by atoms with Crippen LogP contribution < -0.4 is 0 Å². The average Bonchev–Trinajstić information content (AvgIpc) is 2.89. The molecule has 4 unspecified atom stereocenters. The van der Waals surface area contributed by atoms with Crippen LogP contribution in [0.3, 0.4) is 0 Å². The molecule has 2 aromatic carbocycles. The molecule has 4 rings (SSSR count). The minimum atomic E-state index is -0.0398. The van der Waals surface area contributed by atoms with Gasteiger partial charge in [-0.15, -0.1) is 0 Å². The van der Waals surface area contributed by atoms with E-state index in [1.165, 1.54) is 11.1 Å². The van der Waals surface area contributed by atoms with E-state index in [0.29, 0.717) is 17.8 Å². The second kappa shape index (κ2) is 4.85. The molecule has 0 heterocycles. The Kier molecular flexibility index (Phi) is 2.97. The zero-order valence-electron chi connectivity index (χ0n) is 12.3. The summed E-state index contributed by atoms with van der Waals surface area (Å²) in [5, 5.41) is 0. The second-order valence-corrected chi connectivity index (χ2v) is 6.14. The highest BCUT2D eigenvalue weighted by Gasteiger charge is 2.63. The third kappa shape index (κ3) is 1.74. The van der Waals surface area contributed by atoms with Gasteiger partial charge in [0.1, 0.15) is 0 Å². The molecule has 2 aliphatic rings. The summed E-state index contributed by atoms with van der Waals surface area (Å²) in [6, 6.07) is 21.7. The van der Waals surface area contributed by atoms with Crippen LogP contribution in [0.1, 0.15) is 29.4 Å². The summed E-state index contributed by atoms with van der Waals surface area (Å²) >= 11 is 0. The fraction of sp³-hybridized carbons (Fsp3) is 0.300. The van der Waals surface area contributed by atoms with E-state index in [2.05, 4.69) is 72.8 Å². The Balaban J connectivity index is 1.80. The molecule has 0 amide bonds. The van der Waals surface area contributed by atoms with E-state index in [9.17, 15) is 0 Å². The minimum absolute atomic E-state index is 0.0398. The lowest BCUT2D eigenvalue weighted by Gasteiger charge is -2.58. The smallest absolute Gasteiger partial charge is 0.0855 e. The first-order valence-electron chi connectivity index (χ1n) is 7.68. The summed E-state index contributed by atoms with van der Waals surface area (Å²) in [6.45, 7) is 0. The topological polar surface area (TPSA) is 9.23 Å². The van der Waals surface area contributed by atoms with Crippen molar-refractivity contribution in [1.82, 2.24) is 0 Å². The average molecular weight is 276 g/mol. The van der Waals surface area contributed by atoms with Crippen molar-refractivity contribution in [3.05, 3.63) is 83.9 Å². The fourth-order valence-electron chi connectivity index (χ4n) is 4.42.